The summed E-state index contributed by atoms with van der Waals surface area (Å²) in [5.41, 5.74) is 1.18. The van der Waals surface area contributed by atoms with Crippen molar-refractivity contribution in [2.24, 2.45) is 11.3 Å². The lowest BCUT2D eigenvalue weighted by molar-refractivity contribution is -0.138. The Hall–Kier alpha value is -3.86. The molecule has 0 unspecified atom stereocenters. The number of hydrogen-bond donors (Lipinski definition) is 3. The molecule has 5 rings (SSSR count). The van der Waals surface area contributed by atoms with E-state index >= 15 is 0 Å². The normalized spacial score (nSPS) is 23.8. The van der Waals surface area contributed by atoms with E-state index in [1.807, 2.05) is 75.4 Å². The molecule has 4 atom stereocenters. The van der Waals surface area contributed by atoms with E-state index in [-0.39, 0.29) is 42.0 Å². The van der Waals surface area contributed by atoms with Gasteiger partial charge < -0.3 is 20.9 Å². The van der Waals surface area contributed by atoms with Gasteiger partial charge in [0, 0.05) is 24.3 Å². The van der Waals surface area contributed by atoms with E-state index in [9.17, 15) is 19.6 Å². The van der Waals surface area contributed by atoms with Crippen LogP contribution >= 0.6 is 0 Å². The number of para-hydroxylation sites is 2. The number of anilines is 2. The van der Waals surface area contributed by atoms with Crippen LogP contribution in [0, 0.1) is 22.7 Å². The Morgan fingerprint density at radius 2 is 1.82 bits per heavy atom. The summed E-state index contributed by atoms with van der Waals surface area (Å²) in [7, 11) is 0. The van der Waals surface area contributed by atoms with Crippen LogP contribution in [-0.2, 0) is 19.8 Å². The van der Waals surface area contributed by atoms with Gasteiger partial charge in [0.2, 0.25) is 17.7 Å². The van der Waals surface area contributed by atoms with Crippen molar-refractivity contribution in [1.82, 2.24) is 10.2 Å². The number of likely N-dealkylation sites (tertiary alicyclic amines) is 1. The number of benzene rings is 2. The lowest BCUT2D eigenvalue weighted by atomic mass is 9.80. The molecule has 1 saturated heterocycles. The average molecular weight is 514 g/mol. The molecule has 198 valence electrons. The van der Waals surface area contributed by atoms with E-state index in [0.29, 0.717) is 6.42 Å². The average Bonchev–Trinajstić information content (AvgIpc) is 3.59. The van der Waals surface area contributed by atoms with Crippen molar-refractivity contribution in [3.8, 4) is 6.07 Å². The molecule has 38 heavy (non-hydrogen) atoms. The fourth-order valence-corrected chi connectivity index (χ4v) is 5.80. The van der Waals surface area contributed by atoms with Gasteiger partial charge in [-0.15, -0.1) is 0 Å². The maximum Gasteiger partial charge on any atom is 0.246 e. The van der Waals surface area contributed by atoms with E-state index in [4.69, 9.17) is 0 Å². The highest BCUT2D eigenvalue weighted by Crippen LogP contribution is 2.46. The van der Waals surface area contributed by atoms with Crippen LogP contribution in [0.15, 0.2) is 54.6 Å². The molecule has 2 heterocycles. The van der Waals surface area contributed by atoms with Crippen LogP contribution in [0.5, 0.6) is 0 Å². The van der Waals surface area contributed by atoms with E-state index in [1.165, 1.54) is 4.90 Å². The van der Waals surface area contributed by atoms with Crippen molar-refractivity contribution in [2.45, 2.75) is 70.0 Å². The Labute approximate surface area is 223 Å². The van der Waals surface area contributed by atoms with Crippen LogP contribution in [0.3, 0.4) is 0 Å². The third-order valence-electron chi connectivity index (χ3n) is 7.82. The summed E-state index contributed by atoms with van der Waals surface area (Å²) in [6.07, 6.45) is 2.55. The molecule has 1 aliphatic carbocycles. The highest BCUT2D eigenvalue weighted by atomic mass is 16.2. The summed E-state index contributed by atoms with van der Waals surface area (Å²) in [5, 5.41) is 19.3. The number of nitrogens with one attached hydrogen (secondary N) is 3. The molecule has 8 nitrogen and oxygen atoms in total. The van der Waals surface area contributed by atoms with Gasteiger partial charge in [-0.2, -0.15) is 5.26 Å². The van der Waals surface area contributed by atoms with Crippen LogP contribution in [0.1, 0.15) is 52.0 Å². The molecule has 1 spiro atoms. The molecule has 0 radical (unpaired) electrons. The van der Waals surface area contributed by atoms with Crippen molar-refractivity contribution in [2.75, 3.05) is 17.2 Å². The van der Waals surface area contributed by atoms with Crippen molar-refractivity contribution in [3.63, 3.8) is 0 Å². The highest BCUT2D eigenvalue weighted by Gasteiger charge is 2.56. The summed E-state index contributed by atoms with van der Waals surface area (Å²) in [6, 6.07) is 17.3. The Morgan fingerprint density at radius 1 is 1.13 bits per heavy atom. The van der Waals surface area contributed by atoms with Crippen molar-refractivity contribution < 1.29 is 14.4 Å². The number of amides is 3. The molecule has 8 heteroatoms. The zero-order valence-corrected chi connectivity index (χ0v) is 22.2. The first-order chi connectivity index (χ1) is 18.1. The molecule has 3 aliphatic rings. The molecule has 0 aromatic heterocycles. The van der Waals surface area contributed by atoms with Crippen LogP contribution in [0.4, 0.5) is 11.4 Å². The lowest BCUT2D eigenvalue weighted by Crippen LogP contribution is -2.55. The molecule has 0 bridgehead atoms. The molecule has 2 fully saturated rings. The van der Waals surface area contributed by atoms with Crippen molar-refractivity contribution in [1.29, 1.82) is 5.26 Å². The van der Waals surface area contributed by atoms with Gasteiger partial charge in [-0.3, -0.25) is 14.4 Å². The first kappa shape index (κ1) is 25.8. The van der Waals surface area contributed by atoms with Gasteiger partial charge in [0.25, 0.3) is 0 Å². The summed E-state index contributed by atoms with van der Waals surface area (Å²) in [6.45, 7) is 6.17. The molecule has 3 N–H and O–H groups in total. The number of carbonyl (C=O) groups is 3. The molecular formula is C30H35N5O3. The van der Waals surface area contributed by atoms with E-state index < -0.39 is 23.5 Å². The Bertz CT molecular complexity index is 1280. The first-order valence-corrected chi connectivity index (χ1v) is 13.3. The van der Waals surface area contributed by atoms with Crippen molar-refractivity contribution >= 4 is 29.1 Å². The van der Waals surface area contributed by atoms with Gasteiger partial charge >= 0.3 is 0 Å². The topological polar surface area (TPSA) is 114 Å². The van der Waals surface area contributed by atoms with Gasteiger partial charge in [-0.1, -0.05) is 57.2 Å². The molecule has 3 amide bonds. The minimum atomic E-state index is -0.964. The Balaban J connectivity index is 1.39. The second-order valence-electron chi connectivity index (χ2n) is 12.0. The smallest absolute Gasteiger partial charge is 0.246 e. The van der Waals surface area contributed by atoms with Crippen LogP contribution in [-0.4, -0.2) is 47.3 Å². The van der Waals surface area contributed by atoms with Crippen LogP contribution in [0.2, 0.25) is 0 Å². The van der Waals surface area contributed by atoms with Crippen LogP contribution < -0.4 is 16.0 Å². The first-order valence-electron chi connectivity index (χ1n) is 13.3. The minimum absolute atomic E-state index is 0.109. The summed E-state index contributed by atoms with van der Waals surface area (Å²) >= 11 is 0. The number of nitrogens with zero attached hydrogens (tertiary/aromatic N) is 2. The predicted molar refractivity (Wildman–Crippen MR) is 145 cm³/mol. The molecule has 1 saturated carbocycles. The number of nitriles is 1. The predicted octanol–water partition coefficient (Wildman–Crippen LogP) is 3.81. The van der Waals surface area contributed by atoms with Gasteiger partial charge in [0.05, 0.1) is 11.5 Å². The zero-order valence-electron chi connectivity index (χ0n) is 22.2. The van der Waals surface area contributed by atoms with E-state index in [0.717, 1.165) is 29.8 Å². The Morgan fingerprint density at radius 3 is 2.47 bits per heavy atom. The van der Waals surface area contributed by atoms with Gasteiger partial charge in [-0.05, 0) is 54.4 Å². The third-order valence-corrected chi connectivity index (χ3v) is 7.82. The fraction of sp³-hybridized carbons (Fsp3) is 0.467. The van der Waals surface area contributed by atoms with Gasteiger partial charge in [-0.25, -0.2) is 0 Å². The maximum absolute atomic E-state index is 14.1. The second-order valence-corrected chi connectivity index (χ2v) is 12.0. The van der Waals surface area contributed by atoms with Crippen molar-refractivity contribution in [3.05, 3.63) is 60.2 Å². The molecule has 2 aromatic carbocycles. The fourth-order valence-electron chi connectivity index (χ4n) is 5.80. The van der Waals surface area contributed by atoms with Gasteiger partial charge in [0.1, 0.15) is 18.1 Å². The minimum Gasteiger partial charge on any atom is -0.373 e. The second kappa shape index (κ2) is 9.79. The Kier molecular flexibility index (Phi) is 6.64. The SMILES string of the molecule is CC(C)(C)C[C@H](NC(=O)[C@@H](Nc1ccccc1)C1CC1)C(=O)N1C[C@]2(C[C@H]1C#N)C(=O)Nc1ccccc12. The van der Waals surface area contributed by atoms with Gasteiger partial charge in [0.15, 0.2) is 0 Å². The van der Waals surface area contributed by atoms with Crippen LogP contribution in [0.25, 0.3) is 0 Å². The molecule has 2 aromatic rings. The largest absolute Gasteiger partial charge is 0.373 e. The van der Waals surface area contributed by atoms with E-state index in [1.54, 1.807) is 0 Å². The number of hydrogen-bond acceptors (Lipinski definition) is 5. The monoisotopic (exact) mass is 513 g/mol. The molecule has 2 aliphatic heterocycles. The maximum atomic E-state index is 14.1. The quantitative estimate of drug-likeness (QED) is 0.521. The molecular weight excluding hydrogens is 478 g/mol. The third kappa shape index (κ3) is 4.98. The van der Waals surface area contributed by atoms with E-state index in [2.05, 4.69) is 22.0 Å². The summed E-state index contributed by atoms with van der Waals surface area (Å²) < 4.78 is 0. The number of rotatable bonds is 7. The highest BCUT2D eigenvalue weighted by molar-refractivity contribution is 6.07. The summed E-state index contributed by atoms with van der Waals surface area (Å²) in [4.78, 5) is 42.3. The number of carbonyl (C=O) groups excluding carboxylic acids is 3. The summed E-state index contributed by atoms with van der Waals surface area (Å²) in [5.74, 6) is -0.513. The number of fused-ring (bicyclic) bond motifs is 2. The lowest BCUT2D eigenvalue weighted by Gasteiger charge is -2.32. The zero-order chi connectivity index (χ0) is 27.1. The standard InChI is InChI=1S/C30H35N5O3/c1-29(2,3)16-24(33-26(36)25(19-13-14-19)32-20-9-5-4-6-10-20)27(37)35-18-30(15-21(35)17-31)22-11-7-8-12-23(22)34-28(30)38/h4-12,19,21,24-25,32H,13-16,18H2,1-3H3,(H,33,36)(H,34,38)/t21-,24-,25-,30-/m0/s1.